The van der Waals surface area contributed by atoms with Gasteiger partial charge in [-0.2, -0.15) is 0 Å². The van der Waals surface area contributed by atoms with Gasteiger partial charge in [-0.15, -0.1) is 0 Å². The molecule has 0 N–H and O–H groups in total. The zero-order valence-corrected chi connectivity index (χ0v) is 9.07. The van der Waals surface area contributed by atoms with E-state index in [0.29, 0.717) is 0 Å². The van der Waals surface area contributed by atoms with Gasteiger partial charge in [0.2, 0.25) is 0 Å². The number of methoxy groups -OCH3 is 2. The molecule has 3 heteroatoms. The van der Waals surface area contributed by atoms with E-state index in [4.69, 9.17) is 9.47 Å². The summed E-state index contributed by atoms with van der Waals surface area (Å²) in [6.07, 6.45) is 0. The molecule has 0 amide bonds. The highest BCUT2D eigenvalue weighted by molar-refractivity contribution is 5.90. The van der Waals surface area contributed by atoms with Crippen LogP contribution in [0.15, 0.2) is 24.3 Å². The van der Waals surface area contributed by atoms with Crippen LogP contribution in [0.2, 0.25) is 0 Å². The largest absolute Gasteiger partial charge is 0.496 e. The molecule has 0 bridgehead atoms. The fourth-order valence-electron chi connectivity index (χ4n) is 1.61. The van der Waals surface area contributed by atoms with Crippen molar-refractivity contribution in [3.8, 4) is 11.5 Å². The predicted molar refractivity (Wildman–Crippen MR) is 59.6 cm³/mol. The molecule has 0 unspecified atom stereocenters. The lowest BCUT2D eigenvalue weighted by molar-refractivity contribution is 0.409. The van der Waals surface area contributed by atoms with Crippen LogP contribution < -0.4 is 9.47 Å². The summed E-state index contributed by atoms with van der Waals surface area (Å²) in [5, 5.41) is 0.974. The molecule has 0 radical (unpaired) electrons. The number of benzene rings is 1. The number of nitrogens with zero attached hydrogens (tertiary/aromatic N) is 1. The summed E-state index contributed by atoms with van der Waals surface area (Å²) in [6.45, 7) is 1.96. The van der Waals surface area contributed by atoms with Gasteiger partial charge in [0.05, 0.1) is 14.2 Å². The molecule has 0 fully saturated rings. The Balaban J connectivity index is 2.80. The molecule has 0 aliphatic heterocycles. The number of aryl methyl sites for hydroxylation is 1. The molecule has 15 heavy (non-hydrogen) atoms. The van der Waals surface area contributed by atoms with Crippen LogP contribution >= 0.6 is 0 Å². The number of fused-ring (bicyclic) bond motifs is 1. The van der Waals surface area contributed by atoms with E-state index >= 15 is 0 Å². The normalized spacial score (nSPS) is 10.3. The summed E-state index contributed by atoms with van der Waals surface area (Å²) in [4.78, 5) is 4.45. The Morgan fingerprint density at radius 3 is 2.27 bits per heavy atom. The van der Waals surface area contributed by atoms with Crippen LogP contribution in [0.5, 0.6) is 11.5 Å². The van der Waals surface area contributed by atoms with E-state index in [-0.39, 0.29) is 0 Å². The topological polar surface area (TPSA) is 31.4 Å². The minimum Gasteiger partial charge on any atom is -0.496 e. The molecule has 1 aromatic heterocycles. The number of pyridine rings is 1. The number of ether oxygens (including phenoxy) is 2. The highest BCUT2D eigenvalue weighted by Gasteiger charge is 2.07. The van der Waals surface area contributed by atoms with E-state index in [1.807, 2.05) is 31.2 Å². The summed E-state index contributed by atoms with van der Waals surface area (Å²) >= 11 is 0. The Hall–Kier alpha value is -1.77. The van der Waals surface area contributed by atoms with Gasteiger partial charge in [0.1, 0.15) is 17.0 Å². The lowest BCUT2D eigenvalue weighted by atomic mass is 10.1. The van der Waals surface area contributed by atoms with Gasteiger partial charge < -0.3 is 9.47 Å². The maximum atomic E-state index is 5.27. The summed E-state index contributed by atoms with van der Waals surface area (Å²) in [5.41, 5.74) is 1.81. The van der Waals surface area contributed by atoms with E-state index in [1.165, 1.54) is 0 Å². The molecule has 0 saturated carbocycles. The quantitative estimate of drug-likeness (QED) is 0.751. The standard InChI is InChI=1S/C12H13NO2/c1-8-4-5-9-10(14-2)6-7-11(15-3)12(9)13-8/h4-7H,1-3H3. The summed E-state index contributed by atoms with van der Waals surface area (Å²) in [5.74, 6) is 1.59. The first-order valence-corrected chi connectivity index (χ1v) is 4.74. The van der Waals surface area contributed by atoms with Crippen molar-refractivity contribution in [1.82, 2.24) is 4.98 Å². The van der Waals surface area contributed by atoms with Gasteiger partial charge >= 0.3 is 0 Å². The average molecular weight is 203 g/mol. The summed E-state index contributed by atoms with van der Waals surface area (Å²) < 4.78 is 10.5. The first-order chi connectivity index (χ1) is 7.26. The molecular weight excluding hydrogens is 190 g/mol. The minimum absolute atomic E-state index is 0.773. The van der Waals surface area contributed by atoms with Gasteiger partial charge in [-0.3, -0.25) is 0 Å². The smallest absolute Gasteiger partial charge is 0.145 e. The Morgan fingerprint density at radius 1 is 0.933 bits per heavy atom. The molecule has 0 aliphatic rings. The van der Waals surface area contributed by atoms with Gasteiger partial charge in [0, 0.05) is 11.1 Å². The van der Waals surface area contributed by atoms with Crippen LogP contribution in [-0.4, -0.2) is 19.2 Å². The van der Waals surface area contributed by atoms with Gasteiger partial charge in [-0.25, -0.2) is 4.98 Å². The third-order valence-electron chi connectivity index (χ3n) is 2.36. The third kappa shape index (κ3) is 1.61. The first-order valence-electron chi connectivity index (χ1n) is 4.74. The van der Waals surface area contributed by atoms with Gasteiger partial charge in [0.25, 0.3) is 0 Å². The Kier molecular flexibility index (Phi) is 2.46. The monoisotopic (exact) mass is 203 g/mol. The van der Waals surface area contributed by atoms with Crippen molar-refractivity contribution >= 4 is 10.9 Å². The van der Waals surface area contributed by atoms with Gasteiger partial charge in [-0.1, -0.05) is 0 Å². The second kappa shape index (κ2) is 3.77. The van der Waals surface area contributed by atoms with Crippen LogP contribution in [-0.2, 0) is 0 Å². The molecule has 78 valence electrons. The molecule has 0 spiro atoms. The van der Waals surface area contributed by atoms with Crippen LogP contribution in [0.1, 0.15) is 5.69 Å². The van der Waals surface area contributed by atoms with Crippen molar-refractivity contribution in [2.24, 2.45) is 0 Å². The van der Waals surface area contributed by atoms with E-state index in [1.54, 1.807) is 14.2 Å². The molecule has 0 atom stereocenters. The fraction of sp³-hybridized carbons (Fsp3) is 0.250. The van der Waals surface area contributed by atoms with Crippen LogP contribution in [0.3, 0.4) is 0 Å². The van der Waals surface area contributed by atoms with Crippen LogP contribution in [0.4, 0.5) is 0 Å². The van der Waals surface area contributed by atoms with Crippen molar-refractivity contribution in [1.29, 1.82) is 0 Å². The number of hydrogen-bond donors (Lipinski definition) is 0. The Morgan fingerprint density at radius 2 is 1.60 bits per heavy atom. The summed E-state index contributed by atoms with van der Waals surface area (Å²) in [6, 6.07) is 7.72. The van der Waals surface area contributed by atoms with Crippen molar-refractivity contribution in [3.05, 3.63) is 30.0 Å². The zero-order chi connectivity index (χ0) is 10.8. The second-order valence-corrected chi connectivity index (χ2v) is 3.32. The minimum atomic E-state index is 0.773. The lowest BCUT2D eigenvalue weighted by Gasteiger charge is -2.09. The molecule has 1 aromatic carbocycles. The van der Waals surface area contributed by atoms with Crippen molar-refractivity contribution in [2.45, 2.75) is 6.92 Å². The van der Waals surface area contributed by atoms with E-state index in [0.717, 1.165) is 28.1 Å². The van der Waals surface area contributed by atoms with Gasteiger partial charge in [-0.05, 0) is 31.2 Å². The lowest BCUT2D eigenvalue weighted by Crippen LogP contribution is -1.92. The van der Waals surface area contributed by atoms with Crippen molar-refractivity contribution in [2.75, 3.05) is 14.2 Å². The number of aromatic nitrogens is 1. The Labute approximate surface area is 88.7 Å². The highest BCUT2D eigenvalue weighted by Crippen LogP contribution is 2.31. The van der Waals surface area contributed by atoms with E-state index in [2.05, 4.69) is 4.98 Å². The fourth-order valence-corrected chi connectivity index (χ4v) is 1.61. The molecular formula is C12H13NO2. The molecule has 0 aliphatic carbocycles. The van der Waals surface area contributed by atoms with Crippen LogP contribution in [0, 0.1) is 6.92 Å². The van der Waals surface area contributed by atoms with E-state index in [9.17, 15) is 0 Å². The number of rotatable bonds is 2. The zero-order valence-electron chi connectivity index (χ0n) is 9.07. The van der Waals surface area contributed by atoms with Crippen molar-refractivity contribution < 1.29 is 9.47 Å². The highest BCUT2D eigenvalue weighted by atomic mass is 16.5. The molecule has 1 heterocycles. The van der Waals surface area contributed by atoms with E-state index < -0.39 is 0 Å². The summed E-state index contributed by atoms with van der Waals surface area (Å²) in [7, 11) is 3.30. The molecule has 3 nitrogen and oxygen atoms in total. The number of hydrogen-bond acceptors (Lipinski definition) is 3. The first kappa shape index (κ1) is 9.77. The molecule has 0 saturated heterocycles. The predicted octanol–water partition coefficient (Wildman–Crippen LogP) is 2.56. The van der Waals surface area contributed by atoms with Crippen molar-refractivity contribution in [3.63, 3.8) is 0 Å². The third-order valence-corrected chi connectivity index (χ3v) is 2.36. The maximum absolute atomic E-state index is 5.27. The maximum Gasteiger partial charge on any atom is 0.145 e. The SMILES string of the molecule is COc1ccc(OC)c2nc(C)ccc12. The van der Waals surface area contributed by atoms with Crippen LogP contribution in [0.25, 0.3) is 10.9 Å². The molecule has 2 rings (SSSR count). The Bertz CT molecular complexity index is 494. The molecule has 2 aromatic rings. The second-order valence-electron chi connectivity index (χ2n) is 3.32. The van der Waals surface area contributed by atoms with Gasteiger partial charge in [0.15, 0.2) is 0 Å². The average Bonchev–Trinajstić information content (AvgIpc) is 2.27.